The fourth-order valence-corrected chi connectivity index (χ4v) is 3.41. The average Bonchev–Trinajstić information content (AvgIpc) is 3.22. The van der Waals surface area contributed by atoms with Gasteiger partial charge < -0.3 is 20.1 Å². The van der Waals surface area contributed by atoms with Crippen LogP contribution in [0, 0.1) is 5.82 Å². The lowest BCUT2D eigenvalue weighted by atomic mass is 10.2. The molecule has 0 aliphatic heterocycles. The van der Waals surface area contributed by atoms with E-state index < -0.39 is 17.5 Å². The van der Waals surface area contributed by atoms with Gasteiger partial charge in [0.05, 0.1) is 5.69 Å². The average molecular weight is 389 g/mol. The molecule has 2 aromatic heterocycles. The number of hydrogen-bond acceptors (Lipinski definition) is 5. The van der Waals surface area contributed by atoms with Crippen LogP contribution in [0.1, 0.15) is 21.7 Å². The minimum Gasteiger partial charge on any atom is -0.505 e. The van der Waals surface area contributed by atoms with Gasteiger partial charge in [-0.15, -0.1) is 11.3 Å². The Morgan fingerprint density at radius 2 is 2.11 bits per heavy atom. The van der Waals surface area contributed by atoms with Crippen LogP contribution in [-0.4, -0.2) is 31.6 Å². The summed E-state index contributed by atoms with van der Waals surface area (Å²) < 4.78 is 15.0. The molecule has 140 valence electrons. The summed E-state index contributed by atoms with van der Waals surface area (Å²) in [6, 6.07) is 4.03. The molecule has 0 atom stereocenters. The van der Waals surface area contributed by atoms with E-state index in [9.17, 15) is 19.1 Å². The summed E-state index contributed by atoms with van der Waals surface area (Å²) in [6.07, 6.45) is 5.14. The molecule has 7 nitrogen and oxygen atoms in total. The molecule has 0 fully saturated rings. The van der Waals surface area contributed by atoms with Crippen LogP contribution in [-0.2, 0) is 18.3 Å². The Morgan fingerprint density at radius 3 is 2.81 bits per heavy atom. The minimum atomic E-state index is -1.11. The zero-order valence-corrected chi connectivity index (χ0v) is 15.1. The highest BCUT2D eigenvalue weighted by molar-refractivity contribution is 7.15. The largest absolute Gasteiger partial charge is 0.505 e. The summed E-state index contributed by atoms with van der Waals surface area (Å²) in [5.41, 5.74) is 0.821. The topological polar surface area (TPSA) is 104 Å². The molecule has 9 heteroatoms. The fourth-order valence-electron chi connectivity index (χ4n) is 2.50. The summed E-state index contributed by atoms with van der Waals surface area (Å²) >= 11 is 1.32. The highest BCUT2D eigenvalue weighted by Gasteiger charge is 2.15. The van der Waals surface area contributed by atoms with E-state index in [1.165, 1.54) is 35.9 Å². The second-order valence-electron chi connectivity index (χ2n) is 5.90. The van der Waals surface area contributed by atoms with E-state index in [1.54, 1.807) is 23.9 Å². The molecule has 3 N–H and O–H groups in total. The number of benzene rings is 1. The van der Waals surface area contributed by atoms with Crippen molar-refractivity contribution in [3.8, 4) is 16.3 Å². The Kier molecular flexibility index (Phi) is 5.22. The molecule has 0 saturated heterocycles. The third kappa shape index (κ3) is 4.32. The number of carboxylic acids is 1. The highest BCUT2D eigenvalue weighted by Crippen LogP contribution is 2.29. The van der Waals surface area contributed by atoms with Gasteiger partial charge in [-0.2, -0.15) is 0 Å². The number of anilines is 1. The molecule has 0 unspecified atom stereocenters. The SMILES string of the molecule is Cn1cc(NC(=O)CCc2cnc(-c3ccc(O)c(F)c3)s2)c(C(=O)O)c1. The number of aromatic nitrogens is 2. The first-order valence-corrected chi connectivity index (χ1v) is 8.78. The van der Waals surface area contributed by atoms with Crippen LogP contribution in [0.4, 0.5) is 10.1 Å². The van der Waals surface area contributed by atoms with E-state index in [2.05, 4.69) is 10.3 Å². The zero-order chi connectivity index (χ0) is 19.6. The molecule has 0 bridgehead atoms. The molecule has 3 aromatic rings. The van der Waals surface area contributed by atoms with Crippen molar-refractivity contribution in [2.45, 2.75) is 12.8 Å². The maximum atomic E-state index is 13.5. The lowest BCUT2D eigenvalue weighted by Crippen LogP contribution is -2.13. The summed E-state index contributed by atoms with van der Waals surface area (Å²) in [6.45, 7) is 0. The summed E-state index contributed by atoms with van der Waals surface area (Å²) in [4.78, 5) is 28.3. The summed E-state index contributed by atoms with van der Waals surface area (Å²) in [5.74, 6) is -2.57. The van der Waals surface area contributed by atoms with Gasteiger partial charge in [-0.3, -0.25) is 4.79 Å². The Morgan fingerprint density at radius 1 is 1.33 bits per heavy atom. The Hall–Kier alpha value is -3.20. The number of phenolic OH excluding ortho intramolecular Hbond substituents is 1. The molecule has 1 amide bonds. The van der Waals surface area contributed by atoms with Crippen molar-refractivity contribution in [3.63, 3.8) is 0 Å². The third-order valence-corrected chi connectivity index (χ3v) is 4.91. The number of thiazole rings is 1. The van der Waals surface area contributed by atoms with Gasteiger partial charge in [0.1, 0.15) is 10.6 Å². The van der Waals surface area contributed by atoms with E-state index in [0.29, 0.717) is 17.0 Å². The molecule has 1 aromatic carbocycles. The van der Waals surface area contributed by atoms with Gasteiger partial charge in [0.25, 0.3) is 0 Å². The van der Waals surface area contributed by atoms with Crippen LogP contribution in [0.5, 0.6) is 5.75 Å². The van der Waals surface area contributed by atoms with E-state index in [0.717, 1.165) is 4.88 Å². The van der Waals surface area contributed by atoms with Crippen LogP contribution < -0.4 is 5.32 Å². The number of hydrogen-bond donors (Lipinski definition) is 3. The first kappa shape index (κ1) is 18.6. The molecule has 3 rings (SSSR count). The second kappa shape index (κ2) is 7.58. The van der Waals surface area contributed by atoms with Gasteiger partial charge in [-0.25, -0.2) is 14.2 Å². The van der Waals surface area contributed by atoms with E-state index in [4.69, 9.17) is 5.11 Å². The number of nitrogens with zero attached hydrogens (tertiary/aromatic N) is 2. The number of amides is 1. The molecule has 0 aliphatic carbocycles. The Labute approximate surface area is 157 Å². The van der Waals surface area contributed by atoms with Gasteiger partial charge >= 0.3 is 5.97 Å². The van der Waals surface area contributed by atoms with E-state index in [1.807, 2.05) is 0 Å². The Bertz CT molecular complexity index is 1010. The van der Waals surface area contributed by atoms with Gasteiger partial charge in [-0.05, 0) is 24.6 Å². The molecular formula is C18H16FN3O4S. The predicted molar refractivity (Wildman–Crippen MR) is 98.5 cm³/mol. The van der Waals surface area contributed by atoms with Crippen molar-refractivity contribution in [1.29, 1.82) is 0 Å². The smallest absolute Gasteiger partial charge is 0.339 e. The molecule has 0 radical (unpaired) electrons. The van der Waals surface area contributed by atoms with Crippen LogP contribution in [0.3, 0.4) is 0 Å². The number of rotatable bonds is 6. The zero-order valence-electron chi connectivity index (χ0n) is 14.3. The number of phenols is 1. The lowest BCUT2D eigenvalue weighted by molar-refractivity contribution is -0.116. The standard InChI is InChI=1S/C18H16FN3O4S/c1-22-8-12(18(25)26)14(9-22)21-16(24)5-3-11-7-20-17(27-11)10-2-4-15(23)13(19)6-10/h2,4,6-9,23H,3,5H2,1H3,(H,21,24)(H,25,26). The van der Waals surface area contributed by atoms with Gasteiger partial charge in [0.15, 0.2) is 11.6 Å². The number of halogens is 1. The maximum absolute atomic E-state index is 13.5. The predicted octanol–water partition coefficient (Wildman–Crippen LogP) is 3.26. The number of carbonyl (C=O) groups excluding carboxylic acids is 1. The van der Waals surface area contributed by atoms with Crippen molar-refractivity contribution < 1.29 is 24.2 Å². The first-order chi connectivity index (χ1) is 12.8. The number of aryl methyl sites for hydroxylation is 2. The number of aromatic carboxylic acids is 1. The fraction of sp³-hybridized carbons (Fsp3) is 0.167. The molecule has 2 heterocycles. The molecular weight excluding hydrogens is 373 g/mol. The number of aromatic hydroxyl groups is 1. The lowest BCUT2D eigenvalue weighted by Gasteiger charge is -2.03. The number of nitrogens with one attached hydrogen (secondary N) is 1. The molecule has 0 spiro atoms. The van der Waals surface area contributed by atoms with Crippen LogP contribution in [0.2, 0.25) is 0 Å². The first-order valence-electron chi connectivity index (χ1n) is 7.96. The molecule has 27 heavy (non-hydrogen) atoms. The third-order valence-electron chi connectivity index (χ3n) is 3.81. The molecule has 0 aliphatic rings. The maximum Gasteiger partial charge on any atom is 0.339 e. The Balaban J connectivity index is 1.62. The van der Waals surface area contributed by atoms with E-state index in [-0.39, 0.29) is 23.6 Å². The summed E-state index contributed by atoms with van der Waals surface area (Å²) in [7, 11) is 1.67. The summed E-state index contributed by atoms with van der Waals surface area (Å²) in [5, 5.41) is 21.6. The van der Waals surface area contributed by atoms with Crippen LogP contribution >= 0.6 is 11.3 Å². The minimum absolute atomic E-state index is 0.0280. The molecule has 0 saturated carbocycles. The van der Waals surface area contributed by atoms with E-state index >= 15 is 0 Å². The highest BCUT2D eigenvalue weighted by atomic mass is 32.1. The van der Waals surface area contributed by atoms with Crippen LogP contribution in [0.15, 0.2) is 36.8 Å². The monoisotopic (exact) mass is 389 g/mol. The second-order valence-corrected chi connectivity index (χ2v) is 7.02. The number of carboxylic acid groups (broad SMARTS) is 1. The van der Waals surface area contributed by atoms with Crippen molar-refractivity contribution >= 4 is 28.9 Å². The quantitative estimate of drug-likeness (QED) is 0.600. The van der Waals surface area contributed by atoms with Crippen molar-refractivity contribution in [2.24, 2.45) is 7.05 Å². The number of carbonyl (C=O) groups is 2. The van der Waals surface area contributed by atoms with Gasteiger partial charge in [0.2, 0.25) is 5.91 Å². The van der Waals surface area contributed by atoms with Crippen LogP contribution in [0.25, 0.3) is 10.6 Å². The van der Waals surface area contributed by atoms with Gasteiger partial charge in [0, 0.05) is 42.5 Å². The van der Waals surface area contributed by atoms with Gasteiger partial charge in [-0.1, -0.05) is 0 Å². The normalized spacial score (nSPS) is 10.7. The van der Waals surface area contributed by atoms with Crippen molar-refractivity contribution in [3.05, 3.63) is 53.0 Å². The van der Waals surface area contributed by atoms with Crippen molar-refractivity contribution in [1.82, 2.24) is 9.55 Å². The van der Waals surface area contributed by atoms with Crippen molar-refractivity contribution in [2.75, 3.05) is 5.32 Å².